The number of fused-ring (bicyclic) bond motifs is 4. The fourth-order valence-corrected chi connectivity index (χ4v) is 8.24. The first-order valence-electron chi connectivity index (χ1n) is 18.4. The Morgan fingerprint density at radius 1 is 0.396 bits per heavy atom. The molecule has 1 aromatic heterocycles. The molecule has 53 heavy (non-hydrogen) atoms. The first-order chi connectivity index (χ1) is 26.2. The van der Waals surface area contributed by atoms with Gasteiger partial charge in [-0.1, -0.05) is 153 Å². The lowest BCUT2D eigenvalue weighted by molar-refractivity contribution is 0.908. The molecule has 0 aliphatic carbocycles. The molecule has 0 aliphatic rings. The molecule has 0 saturated carbocycles. The van der Waals surface area contributed by atoms with Crippen LogP contribution in [0.25, 0.3) is 93.5 Å². The SMILES string of the molecule is CCc1nc2ccccc2n1-c1cccc(-c2cccc(-c3c4ccccc4c(-c4ccc5ccccc5c4)c4ccc(-c5ccccc5)cc34)c2)c1. The number of nitrogens with zero attached hydrogens (tertiary/aromatic N) is 2. The van der Waals surface area contributed by atoms with Crippen molar-refractivity contribution in [1.82, 2.24) is 9.55 Å². The minimum Gasteiger partial charge on any atom is -0.296 e. The van der Waals surface area contributed by atoms with Crippen LogP contribution in [-0.4, -0.2) is 9.55 Å². The minimum atomic E-state index is 0.856. The van der Waals surface area contributed by atoms with Gasteiger partial charge in [-0.05, 0) is 119 Å². The fourth-order valence-electron chi connectivity index (χ4n) is 8.24. The molecular formula is C51H36N2. The van der Waals surface area contributed by atoms with Gasteiger partial charge in [0.15, 0.2) is 0 Å². The van der Waals surface area contributed by atoms with Crippen LogP contribution in [0.1, 0.15) is 12.7 Å². The molecule has 2 heteroatoms. The summed E-state index contributed by atoms with van der Waals surface area (Å²) in [7, 11) is 0. The molecule has 1 heterocycles. The summed E-state index contributed by atoms with van der Waals surface area (Å²) in [6, 6.07) is 68.6. The topological polar surface area (TPSA) is 17.8 Å². The highest BCUT2D eigenvalue weighted by Crippen LogP contribution is 2.46. The van der Waals surface area contributed by atoms with Crippen LogP contribution >= 0.6 is 0 Å². The van der Waals surface area contributed by atoms with Gasteiger partial charge in [-0.2, -0.15) is 0 Å². The van der Waals surface area contributed by atoms with Crippen molar-refractivity contribution in [3.05, 3.63) is 194 Å². The Hall–Kier alpha value is -6.77. The van der Waals surface area contributed by atoms with Gasteiger partial charge in [-0.25, -0.2) is 4.98 Å². The third-order valence-corrected chi connectivity index (χ3v) is 10.7. The summed E-state index contributed by atoms with van der Waals surface area (Å²) in [6.45, 7) is 2.17. The number of imidazole rings is 1. The monoisotopic (exact) mass is 676 g/mol. The quantitative estimate of drug-likeness (QED) is 0.160. The van der Waals surface area contributed by atoms with Gasteiger partial charge in [-0.15, -0.1) is 0 Å². The predicted molar refractivity (Wildman–Crippen MR) is 225 cm³/mol. The van der Waals surface area contributed by atoms with Gasteiger partial charge in [0.05, 0.1) is 11.0 Å². The summed E-state index contributed by atoms with van der Waals surface area (Å²) in [5, 5.41) is 7.50. The lowest BCUT2D eigenvalue weighted by atomic mass is 9.84. The lowest BCUT2D eigenvalue weighted by Crippen LogP contribution is -2.00. The highest BCUT2D eigenvalue weighted by atomic mass is 15.1. The summed E-state index contributed by atoms with van der Waals surface area (Å²) in [5.41, 5.74) is 13.0. The van der Waals surface area contributed by atoms with E-state index in [0.29, 0.717) is 0 Å². The zero-order valence-corrected chi connectivity index (χ0v) is 29.5. The molecule has 0 amide bonds. The average Bonchev–Trinajstić information content (AvgIpc) is 3.62. The van der Waals surface area contributed by atoms with Crippen LogP contribution in [0.15, 0.2) is 188 Å². The van der Waals surface area contributed by atoms with Crippen LogP contribution in [0.3, 0.4) is 0 Å². The van der Waals surface area contributed by atoms with Crippen LogP contribution < -0.4 is 0 Å². The number of hydrogen-bond acceptors (Lipinski definition) is 1. The average molecular weight is 677 g/mol. The van der Waals surface area contributed by atoms with E-state index in [1.807, 2.05) is 0 Å². The first kappa shape index (κ1) is 31.0. The van der Waals surface area contributed by atoms with Crippen molar-refractivity contribution < 1.29 is 0 Å². The van der Waals surface area contributed by atoms with E-state index >= 15 is 0 Å². The Bertz CT molecular complexity index is 2990. The van der Waals surface area contributed by atoms with Gasteiger partial charge in [0.2, 0.25) is 0 Å². The predicted octanol–water partition coefficient (Wildman–Crippen LogP) is 13.7. The third-order valence-electron chi connectivity index (χ3n) is 10.7. The maximum atomic E-state index is 4.96. The number of aromatic nitrogens is 2. The summed E-state index contributed by atoms with van der Waals surface area (Å²) < 4.78 is 2.31. The third kappa shape index (κ3) is 5.30. The Morgan fingerprint density at radius 3 is 1.81 bits per heavy atom. The van der Waals surface area contributed by atoms with Crippen molar-refractivity contribution in [2.45, 2.75) is 13.3 Å². The zero-order valence-electron chi connectivity index (χ0n) is 29.5. The highest BCUT2D eigenvalue weighted by molar-refractivity contribution is 6.22. The first-order valence-corrected chi connectivity index (χ1v) is 18.4. The largest absolute Gasteiger partial charge is 0.296 e. The van der Waals surface area contributed by atoms with E-state index < -0.39 is 0 Å². The second kappa shape index (κ2) is 12.8. The molecule has 0 radical (unpaired) electrons. The summed E-state index contributed by atoms with van der Waals surface area (Å²) in [6.07, 6.45) is 0.856. The molecule has 9 aromatic carbocycles. The molecule has 0 N–H and O–H groups in total. The number of para-hydroxylation sites is 2. The smallest absolute Gasteiger partial charge is 0.114 e. The van der Waals surface area contributed by atoms with E-state index in [0.717, 1.165) is 29.0 Å². The summed E-state index contributed by atoms with van der Waals surface area (Å²) in [5.74, 6) is 1.07. The van der Waals surface area contributed by atoms with E-state index in [1.54, 1.807) is 0 Å². The van der Waals surface area contributed by atoms with Crippen molar-refractivity contribution in [2.75, 3.05) is 0 Å². The van der Waals surface area contributed by atoms with Crippen LogP contribution in [0, 0.1) is 0 Å². The van der Waals surface area contributed by atoms with E-state index in [9.17, 15) is 0 Å². The van der Waals surface area contributed by atoms with Gasteiger partial charge in [-0.3, -0.25) is 4.57 Å². The van der Waals surface area contributed by atoms with Crippen LogP contribution in [-0.2, 0) is 6.42 Å². The van der Waals surface area contributed by atoms with Crippen molar-refractivity contribution in [2.24, 2.45) is 0 Å². The van der Waals surface area contributed by atoms with E-state index in [-0.39, 0.29) is 0 Å². The Kier molecular flexibility index (Phi) is 7.47. The molecule has 0 aliphatic heterocycles. The summed E-state index contributed by atoms with van der Waals surface area (Å²) >= 11 is 0. The molecule has 0 atom stereocenters. The van der Waals surface area contributed by atoms with Gasteiger partial charge in [0, 0.05) is 12.1 Å². The minimum absolute atomic E-state index is 0.856. The van der Waals surface area contributed by atoms with E-state index in [4.69, 9.17) is 4.98 Å². The molecule has 0 saturated heterocycles. The Labute approximate surface area is 309 Å². The molecule has 0 unspecified atom stereocenters. The number of rotatable bonds is 6. The van der Waals surface area contributed by atoms with E-state index in [2.05, 4.69) is 200 Å². The zero-order chi connectivity index (χ0) is 35.3. The van der Waals surface area contributed by atoms with Crippen molar-refractivity contribution >= 4 is 43.4 Å². The Balaban J connectivity index is 1.21. The normalized spacial score (nSPS) is 11.6. The maximum Gasteiger partial charge on any atom is 0.114 e. The van der Waals surface area contributed by atoms with E-state index in [1.165, 1.54) is 76.8 Å². The molecule has 10 aromatic rings. The molecule has 10 rings (SSSR count). The second-order valence-corrected chi connectivity index (χ2v) is 13.8. The van der Waals surface area contributed by atoms with Gasteiger partial charge >= 0.3 is 0 Å². The Morgan fingerprint density at radius 2 is 0.981 bits per heavy atom. The van der Waals surface area contributed by atoms with Crippen molar-refractivity contribution in [3.8, 4) is 50.2 Å². The van der Waals surface area contributed by atoms with Crippen LogP contribution in [0.5, 0.6) is 0 Å². The number of benzene rings is 9. The molecule has 2 nitrogen and oxygen atoms in total. The maximum absolute atomic E-state index is 4.96. The van der Waals surface area contributed by atoms with Crippen molar-refractivity contribution in [3.63, 3.8) is 0 Å². The highest BCUT2D eigenvalue weighted by Gasteiger charge is 2.19. The fraction of sp³-hybridized carbons (Fsp3) is 0.0392. The van der Waals surface area contributed by atoms with Gasteiger partial charge in [0.1, 0.15) is 5.82 Å². The van der Waals surface area contributed by atoms with Crippen molar-refractivity contribution in [1.29, 1.82) is 0 Å². The number of hydrogen-bond donors (Lipinski definition) is 0. The molecular weight excluding hydrogens is 641 g/mol. The second-order valence-electron chi connectivity index (χ2n) is 13.8. The van der Waals surface area contributed by atoms with Crippen LogP contribution in [0.4, 0.5) is 0 Å². The standard InChI is InChI=1S/C51H36N2/c1-2-49-52-47-24-10-11-25-48(47)53(49)42-21-13-19-38(32-42)37-18-12-20-40(31-37)51-44-23-9-8-22-43(44)50(41-27-26-35-16-6-7-17-36(35)30-41)45-29-28-39(33-46(45)51)34-14-4-3-5-15-34/h3-33H,2H2,1H3. The van der Waals surface area contributed by atoms with Crippen LogP contribution in [0.2, 0.25) is 0 Å². The van der Waals surface area contributed by atoms with Gasteiger partial charge in [0.25, 0.3) is 0 Å². The molecule has 250 valence electrons. The molecule has 0 spiro atoms. The lowest BCUT2D eigenvalue weighted by Gasteiger charge is -2.19. The molecule has 0 bridgehead atoms. The molecule has 0 fully saturated rings. The number of aryl methyl sites for hydroxylation is 1. The van der Waals surface area contributed by atoms with Gasteiger partial charge < -0.3 is 0 Å². The summed E-state index contributed by atoms with van der Waals surface area (Å²) in [4.78, 5) is 4.96.